The van der Waals surface area contributed by atoms with Crippen LogP contribution in [0.5, 0.6) is 0 Å². The summed E-state index contributed by atoms with van der Waals surface area (Å²) >= 11 is 11.9. The fourth-order valence-electron chi connectivity index (χ4n) is 0.612. The first-order valence-corrected chi connectivity index (χ1v) is 6.52. The Labute approximate surface area is 96.2 Å². The molecule has 1 rings (SSSR count). The first kappa shape index (κ1) is 8.47. The molecule has 0 nitrogen and oxygen atoms in total. The summed E-state index contributed by atoms with van der Waals surface area (Å²) in [4.78, 5) is 0. The molecule has 0 amide bonds. The second-order valence-corrected chi connectivity index (χ2v) is 6.04. The summed E-state index contributed by atoms with van der Waals surface area (Å²) in [5.41, 5.74) is 0. The van der Waals surface area contributed by atoms with E-state index >= 15 is 0 Å². The summed E-state index contributed by atoms with van der Waals surface area (Å²) in [6.07, 6.45) is 0. The summed E-state index contributed by atoms with van der Waals surface area (Å²) in [6.45, 7) is 0. The molecule has 0 aliphatic heterocycles. The molecule has 0 saturated carbocycles. The van der Waals surface area contributed by atoms with Crippen molar-refractivity contribution in [3.63, 3.8) is 0 Å². The van der Waals surface area contributed by atoms with Gasteiger partial charge in [0.25, 0.3) is 0 Å². The Morgan fingerprint density at radius 3 is 2.33 bits per heavy atom. The van der Waals surface area contributed by atoms with Gasteiger partial charge >= 0.3 is 98.0 Å². The van der Waals surface area contributed by atoms with Crippen LogP contribution in [0.1, 0.15) is 0 Å². The van der Waals surface area contributed by atoms with Crippen molar-refractivity contribution >= 4 is 69.8 Å². The van der Waals surface area contributed by atoms with E-state index in [0.717, 1.165) is 5.02 Å². The van der Waals surface area contributed by atoms with E-state index in [-0.39, 0.29) is 0 Å². The number of hydrogen-bond acceptors (Lipinski definition) is 0. The number of hydrogen-bond donors (Lipinski definition) is 0. The Kier molecular flexibility index (Phi) is 3.46. The van der Waals surface area contributed by atoms with Crippen molar-refractivity contribution in [2.24, 2.45) is 0 Å². The predicted octanol–water partition coefficient (Wildman–Crippen LogP) is 1.52. The van der Waals surface area contributed by atoms with E-state index in [1.807, 2.05) is 18.2 Å². The molecule has 0 saturated heterocycles. The van der Waals surface area contributed by atoms with Gasteiger partial charge in [0.15, 0.2) is 0 Å². The number of rotatable bonds is 0. The Bertz CT molecular complexity index is 202. The SMILES string of the molecule is Clc1ccc[c]([BaH])c1Cl. The molecule has 0 aliphatic rings. The van der Waals surface area contributed by atoms with Crippen LogP contribution < -0.4 is 0.0314 Å². The van der Waals surface area contributed by atoms with Crippen molar-refractivity contribution in [3.05, 3.63) is 28.2 Å². The van der Waals surface area contributed by atoms with Gasteiger partial charge in [-0.2, -0.15) is 0 Å². The standard InChI is InChI=1S/C6H3Cl2.Ba.H/c7-5-3-1-2-4-6(5)8;;/h1-3H;;. The van der Waals surface area contributed by atoms with E-state index in [9.17, 15) is 0 Å². The van der Waals surface area contributed by atoms with Gasteiger partial charge in [-0.1, -0.05) is 0 Å². The summed E-state index contributed by atoms with van der Waals surface area (Å²) < 4.78 is 1.24. The van der Waals surface area contributed by atoms with Gasteiger partial charge in [-0.25, -0.2) is 0 Å². The molecule has 0 aliphatic carbocycles. The fourth-order valence-corrected chi connectivity index (χ4v) is 2.91. The molecule has 0 atom stereocenters. The van der Waals surface area contributed by atoms with Crippen LogP contribution in [0.25, 0.3) is 0 Å². The van der Waals surface area contributed by atoms with Crippen LogP contribution in [-0.2, 0) is 0 Å². The Hall–Kier alpha value is 1.37. The quantitative estimate of drug-likeness (QED) is 0.634. The molecule has 0 spiro atoms. The van der Waals surface area contributed by atoms with Crippen molar-refractivity contribution in [2.45, 2.75) is 0 Å². The van der Waals surface area contributed by atoms with Crippen LogP contribution >= 0.6 is 23.2 Å². The zero-order valence-corrected chi connectivity index (χ0v) is 12.8. The summed E-state index contributed by atoms with van der Waals surface area (Å²) in [5.74, 6) is 0. The van der Waals surface area contributed by atoms with Gasteiger partial charge in [-0.05, 0) is 0 Å². The van der Waals surface area contributed by atoms with Gasteiger partial charge in [0.1, 0.15) is 0 Å². The van der Waals surface area contributed by atoms with E-state index in [0.29, 0.717) is 51.6 Å². The van der Waals surface area contributed by atoms with Gasteiger partial charge in [0.05, 0.1) is 0 Å². The van der Waals surface area contributed by atoms with E-state index in [1.54, 1.807) is 0 Å². The van der Waals surface area contributed by atoms with Gasteiger partial charge < -0.3 is 0 Å². The van der Waals surface area contributed by atoms with Crippen molar-refractivity contribution < 1.29 is 0 Å². The van der Waals surface area contributed by atoms with Gasteiger partial charge in [0.2, 0.25) is 0 Å². The van der Waals surface area contributed by atoms with Crippen LogP contribution in [0.2, 0.25) is 10.0 Å². The minimum absolute atomic E-state index is 0.378. The average molecular weight is 284 g/mol. The number of benzene rings is 1. The molecule has 3 heteroatoms. The van der Waals surface area contributed by atoms with E-state index < -0.39 is 0 Å². The van der Waals surface area contributed by atoms with E-state index in [4.69, 9.17) is 23.2 Å². The zero-order chi connectivity index (χ0) is 6.85. The van der Waals surface area contributed by atoms with Gasteiger partial charge in [0, 0.05) is 0 Å². The second kappa shape index (κ2) is 3.67. The van der Waals surface area contributed by atoms with Crippen molar-refractivity contribution in [1.29, 1.82) is 0 Å². The first-order valence-electron chi connectivity index (χ1n) is 2.62. The van der Waals surface area contributed by atoms with Crippen LogP contribution in [-0.4, -0.2) is 46.5 Å². The van der Waals surface area contributed by atoms with Gasteiger partial charge in [-0.15, -0.1) is 0 Å². The van der Waals surface area contributed by atoms with Crippen LogP contribution in [0.15, 0.2) is 18.2 Å². The molecule has 0 fully saturated rings. The third-order valence-electron chi connectivity index (χ3n) is 1.14. The fraction of sp³-hybridized carbons (Fsp3) is 0. The second-order valence-electron chi connectivity index (χ2n) is 1.87. The van der Waals surface area contributed by atoms with Crippen LogP contribution in [0.3, 0.4) is 0 Å². The van der Waals surface area contributed by atoms with Gasteiger partial charge in [-0.3, -0.25) is 0 Å². The van der Waals surface area contributed by atoms with Crippen molar-refractivity contribution in [1.82, 2.24) is 0 Å². The molecule has 0 aromatic heterocycles. The molecule has 0 radical (unpaired) electrons. The summed E-state index contributed by atoms with van der Waals surface area (Å²) in [5, 5.41) is 1.43. The third-order valence-corrected chi connectivity index (χ3v) is 5.67. The average Bonchev–Trinajstić information content (AvgIpc) is 1.83. The predicted molar refractivity (Wildman–Crippen MR) is 43.2 cm³/mol. The molecule has 0 heterocycles. The topological polar surface area (TPSA) is 0 Å². The maximum atomic E-state index is 5.80. The minimum atomic E-state index is 0.378. The Morgan fingerprint density at radius 2 is 1.89 bits per heavy atom. The molecule has 1 aromatic carbocycles. The van der Waals surface area contributed by atoms with E-state index in [1.165, 1.54) is 0.0314 Å². The van der Waals surface area contributed by atoms with Crippen molar-refractivity contribution in [3.8, 4) is 0 Å². The zero-order valence-electron chi connectivity index (χ0n) is 4.99. The summed E-state index contributed by atoms with van der Waals surface area (Å²) in [7, 11) is 0. The molecular formula is C6H4BaCl2. The van der Waals surface area contributed by atoms with Crippen molar-refractivity contribution in [2.75, 3.05) is 0 Å². The molecule has 9 heavy (non-hydrogen) atoms. The van der Waals surface area contributed by atoms with E-state index in [2.05, 4.69) is 0 Å². The molecule has 0 N–H and O–H groups in total. The third kappa shape index (κ3) is 2.16. The Morgan fingerprint density at radius 1 is 1.22 bits per heavy atom. The number of halogens is 2. The molecule has 1 aromatic rings. The molecule has 0 unspecified atom stereocenters. The molecular weight excluding hydrogens is 280 g/mol. The monoisotopic (exact) mass is 284 g/mol. The van der Waals surface area contributed by atoms with Crippen LogP contribution in [0.4, 0.5) is 0 Å². The molecule has 44 valence electrons. The van der Waals surface area contributed by atoms with Crippen LogP contribution in [0, 0.1) is 0 Å². The summed E-state index contributed by atoms with van der Waals surface area (Å²) in [6, 6.07) is 5.77. The molecule has 0 bridgehead atoms. The first-order chi connectivity index (χ1) is 4.22. The Balaban J connectivity index is 3.25. The maximum absolute atomic E-state index is 5.80. The normalized spacial score (nSPS) is 9.44.